The highest BCUT2D eigenvalue weighted by Gasteiger charge is 2.06. The molecule has 0 aliphatic rings. The molecule has 3 heteroatoms. The molecule has 0 amide bonds. The molecule has 0 atom stereocenters. The van der Waals surface area contributed by atoms with E-state index in [9.17, 15) is 4.79 Å². The topological polar surface area (TPSA) is 34.9 Å². The van der Waals surface area contributed by atoms with E-state index >= 15 is 0 Å². The Morgan fingerprint density at radius 1 is 1.17 bits per heavy atom. The molecule has 0 aliphatic heterocycles. The number of imidazole rings is 1. The summed E-state index contributed by atoms with van der Waals surface area (Å²) >= 11 is 0. The van der Waals surface area contributed by atoms with Crippen molar-refractivity contribution >= 4 is 5.78 Å². The maximum atomic E-state index is 11.7. The summed E-state index contributed by atoms with van der Waals surface area (Å²) in [6.45, 7) is 2.23. The van der Waals surface area contributed by atoms with Crippen LogP contribution in [0.4, 0.5) is 0 Å². The number of hydrogen-bond donors (Lipinski definition) is 0. The summed E-state index contributed by atoms with van der Waals surface area (Å²) in [4.78, 5) is 15.9. The third-order valence-electron chi connectivity index (χ3n) is 3.34. The summed E-state index contributed by atoms with van der Waals surface area (Å²) in [5.74, 6) is 1.20. The van der Waals surface area contributed by atoms with Crippen LogP contribution in [0.2, 0.25) is 0 Å². The Morgan fingerprint density at radius 3 is 2.44 bits per heavy atom. The Kier molecular flexibility index (Phi) is 7.38. The van der Waals surface area contributed by atoms with Gasteiger partial charge in [0, 0.05) is 25.9 Å². The highest BCUT2D eigenvalue weighted by Crippen LogP contribution is 2.09. The molecule has 18 heavy (non-hydrogen) atoms. The fraction of sp³-hybridized carbons (Fsp3) is 0.733. The van der Waals surface area contributed by atoms with Gasteiger partial charge in [0.15, 0.2) is 0 Å². The fourth-order valence-corrected chi connectivity index (χ4v) is 2.11. The summed E-state index contributed by atoms with van der Waals surface area (Å²) in [7, 11) is 1.93. The molecule has 1 aromatic rings. The Hall–Kier alpha value is -1.12. The van der Waals surface area contributed by atoms with Crippen LogP contribution in [0.5, 0.6) is 0 Å². The molecule has 0 N–H and O–H groups in total. The number of aromatic nitrogens is 2. The Bertz CT molecular complexity index is 344. The fourth-order valence-electron chi connectivity index (χ4n) is 2.11. The molecule has 1 aromatic heterocycles. The molecule has 0 aliphatic carbocycles. The van der Waals surface area contributed by atoms with E-state index in [1.807, 2.05) is 17.8 Å². The first kappa shape index (κ1) is 14.9. The lowest BCUT2D eigenvalue weighted by Crippen LogP contribution is -2.07. The third-order valence-corrected chi connectivity index (χ3v) is 3.34. The van der Waals surface area contributed by atoms with E-state index in [1.54, 1.807) is 6.20 Å². The number of ketones is 1. The SMILES string of the molecule is CCCCCCCCCC(=O)Cc1nccn1C. The second-order valence-corrected chi connectivity index (χ2v) is 5.04. The van der Waals surface area contributed by atoms with Gasteiger partial charge >= 0.3 is 0 Å². The quantitative estimate of drug-likeness (QED) is 0.594. The van der Waals surface area contributed by atoms with Gasteiger partial charge in [0.1, 0.15) is 11.6 Å². The molecule has 1 rings (SSSR count). The molecule has 1 heterocycles. The smallest absolute Gasteiger partial charge is 0.140 e. The van der Waals surface area contributed by atoms with Crippen molar-refractivity contribution in [1.29, 1.82) is 0 Å². The standard InChI is InChI=1S/C15H26N2O/c1-3-4-5-6-7-8-9-10-14(18)13-15-16-11-12-17(15)2/h11-12H,3-10,13H2,1-2H3. The number of nitrogens with zero attached hydrogens (tertiary/aromatic N) is 2. The van der Waals surface area contributed by atoms with E-state index in [4.69, 9.17) is 0 Å². The van der Waals surface area contributed by atoms with E-state index in [1.165, 1.54) is 38.5 Å². The van der Waals surface area contributed by atoms with Crippen LogP contribution in [0.15, 0.2) is 12.4 Å². The number of carbonyl (C=O) groups excluding carboxylic acids is 1. The zero-order valence-electron chi connectivity index (χ0n) is 11.8. The van der Waals surface area contributed by atoms with Crippen LogP contribution in [0.1, 0.15) is 64.1 Å². The van der Waals surface area contributed by atoms with Gasteiger partial charge in [0.25, 0.3) is 0 Å². The molecule has 0 saturated carbocycles. The molecule has 0 saturated heterocycles. The van der Waals surface area contributed by atoms with Crippen LogP contribution in [0.3, 0.4) is 0 Å². The first-order valence-electron chi connectivity index (χ1n) is 7.22. The highest BCUT2D eigenvalue weighted by molar-refractivity contribution is 5.80. The second-order valence-electron chi connectivity index (χ2n) is 5.04. The normalized spacial score (nSPS) is 10.8. The lowest BCUT2D eigenvalue weighted by atomic mass is 10.1. The lowest BCUT2D eigenvalue weighted by molar-refractivity contribution is -0.118. The number of rotatable bonds is 10. The van der Waals surface area contributed by atoms with Crippen molar-refractivity contribution in [3.63, 3.8) is 0 Å². The van der Waals surface area contributed by atoms with Crippen LogP contribution >= 0.6 is 0 Å². The van der Waals surface area contributed by atoms with Gasteiger partial charge in [0.2, 0.25) is 0 Å². The largest absolute Gasteiger partial charge is 0.338 e. The second kappa shape index (κ2) is 8.90. The maximum Gasteiger partial charge on any atom is 0.140 e. The van der Waals surface area contributed by atoms with E-state index < -0.39 is 0 Å². The first-order chi connectivity index (χ1) is 8.74. The predicted molar refractivity (Wildman–Crippen MR) is 74.5 cm³/mol. The average molecular weight is 250 g/mol. The van der Waals surface area contributed by atoms with Crippen LogP contribution in [0, 0.1) is 0 Å². The molecule has 0 unspecified atom stereocenters. The number of unbranched alkanes of at least 4 members (excludes halogenated alkanes) is 6. The first-order valence-corrected chi connectivity index (χ1v) is 7.22. The van der Waals surface area contributed by atoms with Crippen LogP contribution < -0.4 is 0 Å². The van der Waals surface area contributed by atoms with Crippen molar-refractivity contribution in [3.05, 3.63) is 18.2 Å². The minimum atomic E-state index is 0.317. The Morgan fingerprint density at radius 2 is 1.83 bits per heavy atom. The van der Waals surface area contributed by atoms with Gasteiger partial charge in [-0.05, 0) is 6.42 Å². The molecular formula is C15H26N2O. The average Bonchev–Trinajstić information content (AvgIpc) is 2.74. The van der Waals surface area contributed by atoms with Gasteiger partial charge in [-0.1, -0.05) is 45.4 Å². The molecule has 0 bridgehead atoms. The molecule has 0 aromatic carbocycles. The molecule has 102 valence electrons. The summed E-state index contributed by atoms with van der Waals surface area (Å²) in [6, 6.07) is 0. The zero-order chi connectivity index (χ0) is 13.2. The summed E-state index contributed by atoms with van der Waals surface area (Å²) < 4.78 is 1.92. The zero-order valence-corrected chi connectivity index (χ0v) is 11.8. The minimum absolute atomic E-state index is 0.317. The summed E-state index contributed by atoms with van der Waals surface area (Å²) in [5, 5.41) is 0. The molecule has 0 fully saturated rings. The van der Waals surface area contributed by atoms with Gasteiger partial charge in [-0.2, -0.15) is 0 Å². The van der Waals surface area contributed by atoms with Crippen LogP contribution in [-0.4, -0.2) is 15.3 Å². The third kappa shape index (κ3) is 5.99. The number of hydrogen-bond acceptors (Lipinski definition) is 2. The highest BCUT2D eigenvalue weighted by atomic mass is 16.1. The maximum absolute atomic E-state index is 11.7. The number of carbonyl (C=O) groups is 1. The van der Waals surface area contributed by atoms with Crippen LogP contribution in [0.25, 0.3) is 0 Å². The van der Waals surface area contributed by atoms with Gasteiger partial charge in [0.05, 0.1) is 6.42 Å². The van der Waals surface area contributed by atoms with Gasteiger partial charge < -0.3 is 4.57 Å². The Balaban J connectivity index is 2.02. The predicted octanol–water partition coefficient (Wildman–Crippen LogP) is 3.67. The van der Waals surface area contributed by atoms with Crippen molar-refractivity contribution in [2.45, 2.75) is 64.7 Å². The van der Waals surface area contributed by atoms with Crippen LogP contribution in [-0.2, 0) is 18.3 Å². The van der Waals surface area contributed by atoms with E-state index in [0.29, 0.717) is 18.6 Å². The van der Waals surface area contributed by atoms with E-state index in [0.717, 1.165) is 12.2 Å². The molecule has 3 nitrogen and oxygen atoms in total. The number of aryl methyl sites for hydroxylation is 1. The number of Topliss-reactive ketones (excluding diaryl/α,β-unsaturated/α-hetero) is 1. The molecule has 0 radical (unpaired) electrons. The van der Waals surface area contributed by atoms with Crippen molar-refractivity contribution in [3.8, 4) is 0 Å². The van der Waals surface area contributed by atoms with Crippen molar-refractivity contribution in [2.24, 2.45) is 7.05 Å². The van der Waals surface area contributed by atoms with Gasteiger partial charge in [-0.3, -0.25) is 4.79 Å². The molecule has 0 spiro atoms. The van der Waals surface area contributed by atoms with E-state index in [2.05, 4.69) is 11.9 Å². The Labute approximate surface area is 111 Å². The summed E-state index contributed by atoms with van der Waals surface area (Å²) in [5.41, 5.74) is 0. The monoisotopic (exact) mass is 250 g/mol. The minimum Gasteiger partial charge on any atom is -0.338 e. The van der Waals surface area contributed by atoms with Crippen molar-refractivity contribution < 1.29 is 4.79 Å². The summed E-state index contributed by atoms with van der Waals surface area (Å²) in [6.07, 6.45) is 13.6. The van der Waals surface area contributed by atoms with Crippen molar-refractivity contribution in [1.82, 2.24) is 9.55 Å². The van der Waals surface area contributed by atoms with Crippen molar-refractivity contribution in [2.75, 3.05) is 0 Å². The molecular weight excluding hydrogens is 224 g/mol. The lowest BCUT2D eigenvalue weighted by Gasteiger charge is -2.02. The van der Waals surface area contributed by atoms with E-state index in [-0.39, 0.29) is 0 Å². The van der Waals surface area contributed by atoms with Gasteiger partial charge in [-0.15, -0.1) is 0 Å². The van der Waals surface area contributed by atoms with Gasteiger partial charge in [-0.25, -0.2) is 4.98 Å².